The second kappa shape index (κ2) is 4.61. The van der Waals surface area contributed by atoms with Gasteiger partial charge in [0.1, 0.15) is 17.7 Å². The summed E-state index contributed by atoms with van der Waals surface area (Å²) >= 11 is 0. The summed E-state index contributed by atoms with van der Waals surface area (Å²) in [4.78, 5) is 11.7. The van der Waals surface area contributed by atoms with Crippen LogP contribution in [0, 0.1) is 0 Å². The molecule has 16 heavy (non-hydrogen) atoms. The first kappa shape index (κ1) is 11.1. The lowest BCUT2D eigenvalue weighted by molar-refractivity contribution is -0.123. The average Bonchev–Trinajstić information content (AvgIpc) is 2.71. The molecule has 0 aromatic carbocycles. The van der Waals surface area contributed by atoms with Crippen molar-refractivity contribution in [3.63, 3.8) is 0 Å². The van der Waals surface area contributed by atoms with Crippen LogP contribution >= 0.6 is 0 Å². The quantitative estimate of drug-likeness (QED) is 0.721. The van der Waals surface area contributed by atoms with E-state index >= 15 is 0 Å². The molecule has 6 heteroatoms. The number of likely N-dealkylation sites (N-methyl/N-ethyl adjacent to an activating group) is 1. The minimum absolute atomic E-state index is 0.0453. The van der Waals surface area contributed by atoms with E-state index in [-0.39, 0.29) is 11.9 Å². The standard InChI is InChI=1S/C10H17N5O/c1-3-8-13-14-9-5-12-7(6-15(8)9)10(16)11-4-2/h7,12H,3-6H2,1-2H3,(H,11,16). The van der Waals surface area contributed by atoms with Crippen molar-refractivity contribution in [2.45, 2.75) is 39.4 Å². The van der Waals surface area contributed by atoms with Crippen molar-refractivity contribution in [1.29, 1.82) is 0 Å². The van der Waals surface area contributed by atoms with Gasteiger partial charge in [0.25, 0.3) is 0 Å². The van der Waals surface area contributed by atoms with Crippen LogP contribution in [0.1, 0.15) is 25.5 Å². The molecule has 1 aromatic rings. The number of fused-ring (bicyclic) bond motifs is 1. The van der Waals surface area contributed by atoms with Gasteiger partial charge < -0.3 is 9.88 Å². The van der Waals surface area contributed by atoms with Gasteiger partial charge in [0.15, 0.2) is 0 Å². The van der Waals surface area contributed by atoms with Gasteiger partial charge >= 0.3 is 0 Å². The van der Waals surface area contributed by atoms with Gasteiger partial charge in [-0.1, -0.05) is 6.92 Å². The highest BCUT2D eigenvalue weighted by atomic mass is 16.2. The Hall–Kier alpha value is -1.43. The summed E-state index contributed by atoms with van der Waals surface area (Å²) in [7, 11) is 0. The molecule has 0 saturated heterocycles. The fourth-order valence-corrected chi connectivity index (χ4v) is 1.91. The van der Waals surface area contributed by atoms with Crippen LogP contribution in [0.15, 0.2) is 0 Å². The molecule has 0 bridgehead atoms. The van der Waals surface area contributed by atoms with Gasteiger partial charge in [0, 0.05) is 19.5 Å². The van der Waals surface area contributed by atoms with Gasteiger partial charge in [-0.25, -0.2) is 0 Å². The van der Waals surface area contributed by atoms with Gasteiger partial charge in [-0.2, -0.15) is 0 Å². The molecular formula is C10H17N5O. The smallest absolute Gasteiger partial charge is 0.238 e. The molecule has 1 unspecified atom stereocenters. The van der Waals surface area contributed by atoms with Crippen LogP contribution in [0.5, 0.6) is 0 Å². The first-order valence-electron chi connectivity index (χ1n) is 5.68. The Morgan fingerprint density at radius 1 is 1.56 bits per heavy atom. The van der Waals surface area contributed by atoms with Crippen LogP contribution in [0.2, 0.25) is 0 Å². The Labute approximate surface area is 94.4 Å². The van der Waals surface area contributed by atoms with Crippen molar-refractivity contribution in [1.82, 2.24) is 25.4 Å². The van der Waals surface area contributed by atoms with Gasteiger partial charge in [-0.3, -0.25) is 10.1 Å². The predicted molar refractivity (Wildman–Crippen MR) is 58.7 cm³/mol. The maximum absolute atomic E-state index is 11.7. The molecule has 0 radical (unpaired) electrons. The van der Waals surface area contributed by atoms with E-state index in [4.69, 9.17) is 0 Å². The zero-order chi connectivity index (χ0) is 11.5. The molecule has 2 heterocycles. The lowest BCUT2D eigenvalue weighted by atomic mass is 10.2. The maximum atomic E-state index is 11.7. The molecule has 1 aromatic heterocycles. The van der Waals surface area contributed by atoms with Gasteiger partial charge in [0.05, 0.1) is 6.54 Å². The molecule has 1 aliphatic heterocycles. The molecule has 0 spiro atoms. The Kier molecular flexibility index (Phi) is 3.19. The summed E-state index contributed by atoms with van der Waals surface area (Å²) in [5.41, 5.74) is 0. The van der Waals surface area contributed by atoms with Crippen LogP contribution in [0.25, 0.3) is 0 Å². The molecule has 1 aliphatic rings. The summed E-state index contributed by atoms with van der Waals surface area (Å²) in [6.07, 6.45) is 0.842. The number of hydrogen-bond donors (Lipinski definition) is 2. The summed E-state index contributed by atoms with van der Waals surface area (Å²) in [6, 6.07) is -0.172. The van der Waals surface area contributed by atoms with Crippen molar-refractivity contribution in [3.05, 3.63) is 11.6 Å². The number of aryl methyl sites for hydroxylation is 1. The number of aromatic nitrogens is 3. The Balaban J connectivity index is 2.12. The molecule has 1 amide bonds. The van der Waals surface area contributed by atoms with E-state index in [0.29, 0.717) is 19.6 Å². The van der Waals surface area contributed by atoms with Gasteiger partial charge in [0.2, 0.25) is 5.91 Å². The van der Waals surface area contributed by atoms with Gasteiger partial charge in [-0.05, 0) is 6.92 Å². The summed E-state index contributed by atoms with van der Waals surface area (Å²) in [5.74, 6) is 1.91. The highest BCUT2D eigenvalue weighted by Crippen LogP contribution is 2.10. The van der Waals surface area contributed by atoms with E-state index in [1.165, 1.54) is 0 Å². The van der Waals surface area contributed by atoms with Crippen LogP contribution in [-0.4, -0.2) is 33.3 Å². The molecule has 2 N–H and O–H groups in total. The molecule has 6 nitrogen and oxygen atoms in total. The highest BCUT2D eigenvalue weighted by molar-refractivity contribution is 5.81. The van der Waals surface area contributed by atoms with E-state index < -0.39 is 0 Å². The monoisotopic (exact) mass is 223 g/mol. The van der Waals surface area contributed by atoms with E-state index in [0.717, 1.165) is 18.1 Å². The van der Waals surface area contributed by atoms with E-state index in [1.807, 2.05) is 18.4 Å². The van der Waals surface area contributed by atoms with Crippen LogP contribution in [-0.2, 0) is 24.3 Å². The minimum atomic E-state index is -0.172. The summed E-state index contributed by atoms with van der Waals surface area (Å²) in [5, 5.41) is 14.2. The van der Waals surface area contributed by atoms with Crippen LogP contribution in [0.3, 0.4) is 0 Å². The Bertz CT molecular complexity index is 373. The Morgan fingerprint density at radius 3 is 3.06 bits per heavy atom. The molecule has 1 atom stereocenters. The fourth-order valence-electron chi connectivity index (χ4n) is 1.91. The van der Waals surface area contributed by atoms with Crippen LogP contribution in [0.4, 0.5) is 0 Å². The van der Waals surface area contributed by atoms with E-state index in [2.05, 4.69) is 20.8 Å². The van der Waals surface area contributed by atoms with E-state index in [1.54, 1.807) is 0 Å². The fraction of sp³-hybridized carbons (Fsp3) is 0.700. The van der Waals surface area contributed by atoms with E-state index in [9.17, 15) is 4.79 Å². The maximum Gasteiger partial charge on any atom is 0.238 e. The number of nitrogens with zero attached hydrogens (tertiary/aromatic N) is 3. The summed E-state index contributed by atoms with van der Waals surface area (Å²) in [6.45, 7) is 5.85. The zero-order valence-corrected chi connectivity index (χ0v) is 9.66. The third-order valence-corrected chi connectivity index (χ3v) is 2.76. The molecule has 88 valence electrons. The number of nitrogens with one attached hydrogen (secondary N) is 2. The van der Waals surface area contributed by atoms with Crippen molar-refractivity contribution in [3.8, 4) is 0 Å². The third-order valence-electron chi connectivity index (χ3n) is 2.76. The SMILES string of the molecule is CCNC(=O)C1Cn2c(CC)nnc2CN1. The summed E-state index contributed by atoms with van der Waals surface area (Å²) < 4.78 is 2.04. The highest BCUT2D eigenvalue weighted by Gasteiger charge is 2.26. The minimum Gasteiger partial charge on any atom is -0.355 e. The van der Waals surface area contributed by atoms with Crippen molar-refractivity contribution in [2.75, 3.05) is 6.54 Å². The topological polar surface area (TPSA) is 71.8 Å². The number of amides is 1. The molecule has 2 rings (SSSR count). The van der Waals surface area contributed by atoms with Crippen LogP contribution < -0.4 is 10.6 Å². The molecular weight excluding hydrogens is 206 g/mol. The molecule has 0 saturated carbocycles. The second-order valence-corrected chi connectivity index (χ2v) is 3.82. The normalized spacial score (nSPS) is 19.2. The Morgan fingerprint density at radius 2 is 2.38 bits per heavy atom. The predicted octanol–water partition coefficient (Wildman–Crippen LogP) is -0.552. The average molecular weight is 223 g/mol. The second-order valence-electron chi connectivity index (χ2n) is 3.82. The van der Waals surface area contributed by atoms with Crippen molar-refractivity contribution >= 4 is 5.91 Å². The number of rotatable bonds is 3. The largest absolute Gasteiger partial charge is 0.355 e. The van der Waals surface area contributed by atoms with Crippen molar-refractivity contribution in [2.24, 2.45) is 0 Å². The number of carbonyl (C=O) groups is 1. The first-order chi connectivity index (χ1) is 7.76. The zero-order valence-electron chi connectivity index (χ0n) is 9.66. The van der Waals surface area contributed by atoms with Crippen molar-refractivity contribution < 1.29 is 4.79 Å². The lowest BCUT2D eigenvalue weighted by Gasteiger charge is -2.24. The molecule has 0 fully saturated rings. The van der Waals surface area contributed by atoms with Gasteiger partial charge in [-0.15, -0.1) is 10.2 Å². The number of carbonyl (C=O) groups excluding carboxylic acids is 1. The molecule has 0 aliphatic carbocycles. The number of hydrogen-bond acceptors (Lipinski definition) is 4. The third kappa shape index (κ3) is 1.92. The lowest BCUT2D eigenvalue weighted by Crippen LogP contribution is -2.49. The first-order valence-corrected chi connectivity index (χ1v) is 5.68.